The van der Waals surface area contributed by atoms with Crippen molar-refractivity contribution in [3.8, 4) is 0 Å². The third kappa shape index (κ3) is 7.79. The molecule has 0 amide bonds. The Kier molecular flexibility index (Phi) is 11.7. The van der Waals surface area contributed by atoms with Crippen LogP contribution in [0.3, 0.4) is 0 Å². The van der Waals surface area contributed by atoms with Crippen molar-refractivity contribution in [3.63, 3.8) is 0 Å². The molecule has 2 aliphatic heterocycles. The zero-order valence-electron chi connectivity index (χ0n) is 14.6. The molecule has 0 radical (unpaired) electrons. The second kappa shape index (κ2) is 12.6. The Morgan fingerprint density at radius 1 is 1.26 bits per heavy atom. The maximum atomic E-state index is 5.39. The van der Waals surface area contributed by atoms with Crippen molar-refractivity contribution in [1.29, 1.82) is 0 Å². The molecule has 2 rings (SSSR count). The van der Waals surface area contributed by atoms with E-state index in [0.29, 0.717) is 0 Å². The number of hydrogen-bond donors (Lipinski definition) is 1. The molecule has 23 heavy (non-hydrogen) atoms. The Hall–Kier alpha value is 0.270. The first kappa shape index (κ1) is 21.3. The summed E-state index contributed by atoms with van der Waals surface area (Å²) < 4.78 is 5.39. The third-order valence-corrected chi connectivity index (χ3v) is 5.60. The number of aliphatic imine (C=N–C) groups is 1. The summed E-state index contributed by atoms with van der Waals surface area (Å²) in [5, 5.41) is 4.22. The topological polar surface area (TPSA) is 40.1 Å². The molecule has 2 fully saturated rings. The Balaban J connectivity index is 0.00000264. The maximum absolute atomic E-state index is 5.39. The van der Waals surface area contributed by atoms with Crippen LogP contribution in [0.1, 0.15) is 26.7 Å². The van der Waals surface area contributed by atoms with Crippen molar-refractivity contribution in [2.24, 2.45) is 4.99 Å². The lowest BCUT2D eigenvalue weighted by Gasteiger charge is -2.34. The Morgan fingerprint density at radius 3 is 2.74 bits per heavy atom. The molecule has 1 N–H and O–H groups in total. The van der Waals surface area contributed by atoms with Gasteiger partial charge in [0.05, 0.1) is 13.2 Å². The van der Waals surface area contributed by atoms with Gasteiger partial charge in [-0.2, -0.15) is 11.8 Å². The van der Waals surface area contributed by atoms with Gasteiger partial charge in [-0.25, -0.2) is 0 Å². The minimum absolute atomic E-state index is 0. The van der Waals surface area contributed by atoms with E-state index in [4.69, 9.17) is 9.73 Å². The number of ether oxygens (including phenoxy) is 1. The van der Waals surface area contributed by atoms with Crippen molar-refractivity contribution >= 4 is 41.7 Å². The smallest absolute Gasteiger partial charge is 0.193 e. The molecular weight excluding hydrogens is 423 g/mol. The molecule has 0 aliphatic carbocycles. The van der Waals surface area contributed by atoms with Crippen LogP contribution >= 0.6 is 35.7 Å². The number of nitrogens with zero attached hydrogens (tertiary/aromatic N) is 3. The molecule has 7 heteroatoms. The summed E-state index contributed by atoms with van der Waals surface area (Å²) in [6.45, 7) is 13.6. The Labute approximate surface area is 163 Å². The standard InChI is InChI=1S/C16H32N4OS.HI/c1-3-15-14-20(10-13-22-15)16(17-4-2)18-6-5-7-19-8-11-21-12-9-19;/h15H,3-14H2,1-2H3,(H,17,18);1H. The van der Waals surface area contributed by atoms with Gasteiger partial charge in [0.1, 0.15) is 0 Å². The van der Waals surface area contributed by atoms with Crippen molar-refractivity contribution in [2.75, 3.05) is 64.8 Å². The second-order valence-electron chi connectivity index (χ2n) is 5.89. The van der Waals surface area contributed by atoms with Crippen LogP contribution in [-0.2, 0) is 4.74 Å². The summed E-state index contributed by atoms with van der Waals surface area (Å²) in [5.74, 6) is 2.33. The lowest BCUT2D eigenvalue weighted by atomic mass is 10.3. The summed E-state index contributed by atoms with van der Waals surface area (Å²) >= 11 is 2.11. The van der Waals surface area contributed by atoms with E-state index in [1.807, 2.05) is 0 Å². The zero-order valence-corrected chi connectivity index (χ0v) is 17.8. The largest absolute Gasteiger partial charge is 0.379 e. The van der Waals surface area contributed by atoms with E-state index in [9.17, 15) is 0 Å². The number of guanidine groups is 1. The highest BCUT2D eigenvalue weighted by Crippen LogP contribution is 2.21. The fourth-order valence-corrected chi connectivity index (χ4v) is 4.07. The summed E-state index contributed by atoms with van der Waals surface area (Å²) in [6, 6.07) is 0. The number of hydrogen-bond acceptors (Lipinski definition) is 4. The predicted molar refractivity (Wildman–Crippen MR) is 111 cm³/mol. The van der Waals surface area contributed by atoms with Crippen LogP contribution in [0.15, 0.2) is 4.99 Å². The molecule has 2 heterocycles. The van der Waals surface area contributed by atoms with Gasteiger partial charge in [-0.3, -0.25) is 9.89 Å². The van der Waals surface area contributed by atoms with Crippen molar-refractivity contribution in [3.05, 3.63) is 0 Å². The zero-order chi connectivity index (χ0) is 15.6. The first-order chi connectivity index (χ1) is 10.8. The highest BCUT2D eigenvalue weighted by molar-refractivity contribution is 14.0. The molecule has 136 valence electrons. The number of rotatable bonds is 6. The van der Waals surface area contributed by atoms with Crippen LogP contribution in [0, 0.1) is 0 Å². The van der Waals surface area contributed by atoms with Crippen LogP contribution in [0.2, 0.25) is 0 Å². The summed E-state index contributed by atoms with van der Waals surface area (Å²) in [6.07, 6.45) is 2.38. The van der Waals surface area contributed by atoms with Gasteiger partial charge < -0.3 is 15.0 Å². The molecule has 0 bridgehead atoms. The van der Waals surface area contributed by atoms with Crippen LogP contribution in [0.25, 0.3) is 0 Å². The van der Waals surface area contributed by atoms with Crippen molar-refractivity contribution < 1.29 is 4.74 Å². The van der Waals surface area contributed by atoms with Gasteiger partial charge in [0, 0.05) is 56.8 Å². The number of halogens is 1. The average Bonchev–Trinajstić information content (AvgIpc) is 2.58. The van der Waals surface area contributed by atoms with Gasteiger partial charge in [-0.15, -0.1) is 24.0 Å². The molecule has 2 aliphatic rings. The molecule has 0 spiro atoms. The highest BCUT2D eigenvalue weighted by Gasteiger charge is 2.21. The summed E-state index contributed by atoms with van der Waals surface area (Å²) in [4.78, 5) is 9.78. The van der Waals surface area contributed by atoms with E-state index in [1.165, 1.54) is 12.2 Å². The van der Waals surface area contributed by atoms with Crippen LogP contribution in [0.5, 0.6) is 0 Å². The van der Waals surface area contributed by atoms with E-state index in [-0.39, 0.29) is 24.0 Å². The van der Waals surface area contributed by atoms with Crippen LogP contribution < -0.4 is 5.32 Å². The van der Waals surface area contributed by atoms with Gasteiger partial charge in [-0.1, -0.05) is 6.92 Å². The number of morpholine rings is 1. The van der Waals surface area contributed by atoms with E-state index in [0.717, 1.165) is 76.7 Å². The monoisotopic (exact) mass is 456 g/mol. The van der Waals surface area contributed by atoms with E-state index >= 15 is 0 Å². The van der Waals surface area contributed by atoms with Gasteiger partial charge in [0.15, 0.2) is 5.96 Å². The molecular formula is C16H33IN4OS. The van der Waals surface area contributed by atoms with Gasteiger partial charge in [0.2, 0.25) is 0 Å². The molecule has 0 aromatic rings. The molecule has 2 saturated heterocycles. The van der Waals surface area contributed by atoms with Gasteiger partial charge in [-0.05, 0) is 19.8 Å². The van der Waals surface area contributed by atoms with Gasteiger partial charge >= 0.3 is 0 Å². The van der Waals surface area contributed by atoms with E-state index in [2.05, 4.69) is 40.7 Å². The minimum Gasteiger partial charge on any atom is -0.379 e. The molecule has 0 aromatic carbocycles. The van der Waals surface area contributed by atoms with Crippen LogP contribution in [-0.4, -0.2) is 85.8 Å². The molecule has 5 nitrogen and oxygen atoms in total. The Bertz CT molecular complexity index is 340. The molecule has 0 saturated carbocycles. The quantitative estimate of drug-likeness (QED) is 0.287. The summed E-state index contributed by atoms with van der Waals surface area (Å²) in [5.41, 5.74) is 0. The molecule has 1 unspecified atom stereocenters. The average molecular weight is 456 g/mol. The summed E-state index contributed by atoms with van der Waals surface area (Å²) in [7, 11) is 0. The Morgan fingerprint density at radius 2 is 2.04 bits per heavy atom. The lowest BCUT2D eigenvalue weighted by molar-refractivity contribution is 0.0377. The fraction of sp³-hybridized carbons (Fsp3) is 0.938. The predicted octanol–water partition coefficient (Wildman–Crippen LogP) is 2.12. The van der Waals surface area contributed by atoms with Crippen LogP contribution in [0.4, 0.5) is 0 Å². The third-order valence-electron chi connectivity index (χ3n) is 4.23. The second-order valence-corrected chi connectivity index (χ2v) is 7.30. The maximum Gasteiger partial charge on any atom is 0.193 e. The van der Waals surface area contributed by atoms with E-state index < -0.39 is 0 Å². The van der Waals surface area contributed by atoms with Crippen molar-refractivity contribution in [2.45, 2.75) is 31.9 Å². The van der Waals surface area contributed by atoms with Gasteiger partial charge in [0.25, 0.3) is 0 Å². The molecule has 0 aromatic heterocycles. The normalized spacial score (nSPS) is 23.5. The fourth-order valence-electron chi connectivity index (χ4n) is 2.89. The van der Waals surface area contributed by atoms with Crippen molar-refractivity contribution in [1.82, 2.24) is 15.1 Å². The minimum atomic E-state index is 0. The highest BCUT2D eigenvalue weighted by atomic mass is 127. The first-order valence-electron chi connectivity index (χ1n) is 8.78. The number of nitrogens with one attached hydrogen (secondary N) is 1. The van der Waals surface area contributed by atoms with E-state index in [1.54, 1.807) is 0 Å². The number of thioether (sulfide) groups is 1. The molecule has 1 atom stereocenters. The lowest BCUT2D eigenvalue weighted by Crippen LogP contribution is -2.48. The SMILES string of the molecule is CCNC(=NCCCN1CCOCC1)N1CCSC(CC)C1.I. The first-order valence-corrected chi connectivity index (χ1v) is 9.83.